The fourth-order valence-electron chi connectivity index (χ4n) is 0.204. The van der Waals surface area contributed by atoms with Gasteiger partial charge in [0, 0.05) is 0 Å². The number of hydrogen-bond donors (Lipinski definition) is 0. The second kappa shape index (κ2) is 39.8. The summed E-state index contributed by atoms with van der Waals surface area (Å²) in [4.78, 5) is 0. The van der Waals surface area contributed by atoms with Gasteiger partial charge in [0.15, 0.2) is 0 Å². The van der Waals surface area contributed by atoms with Gasteiger partial charge in [-0.25, -0.2) is 0 Å². The van der Waals surface area contributed by atoms with Gasteiger partial charge in [0.05, 0.1) is 0 Å². The molecule has 0 atom stereocenters. The minimum atomic E-state index is -0.0243. The molecule has 0 radical (unpaired) electrons. The van der Waals surface area contributed by atoms with Crippen molar-refractivity contribution in [2.24, 2.45) is 0 Å². The minimum Gasteiger partial charge on any atom is -0.466 e. The molecule has 0 unspecified atom stereocenters. The molecule has 0 spiro atoms. The third kappa shape index (κ3) is 59.9. The van der Waals surface area contributed by atoms with Crippen LogP contribution in [0.2, 0.25) is 13.1 Å². The van der Waals surface area contributed by atoms with Crippen LogP contribution < -0.4 is 0 Å². The van der Waals surface area contributed by atoms with E-state index >= 15 is 0 Å². The van der Waals surface area contributed by atoms with Crippen LogP contribution in [0.15, 0.2) is 0 Å². The molecule has 0 aliphatic carbocycles. The van der Waals surface area contributed by atoms with Crippen molar-refractivity contribution in [2.75, 3.05) is 0 Å². The number of rotatable bonds is 2. The highest BCUT2D eigenvalue weighted by atomic mass is 28.3. The van der Waals surface area contributed by atoms with Crippen molar-refractivity contribution in [3.05, 3.63) is 0 Å². The zero-order valence-electron chi connectivity index (χ0n) is 3.82. The van der Waals surface area contributed by atoms with E-state index < -0.39 is 0 Å². The van der Waals surface area contributed by atoms with Gasteiger partial charge < -0.3 is 4.12 Å². The van der Waals surface area contributed by atoms with Gasteiger partial charge in [-0.2, -0.15) is 0 Å². The Morgan fingerprint density at radius 1 is 0.778 bits per heavy atom. The molecule has 0 saturated heterocycles. The van der Waals surface area contributed by atoms with Crippen LogP contribution in [0, 0.1) is 0 Å². The average Bonchev–Trinajstić information content (AvgIpc) is 1.41. The standard InChI is InChI=1S/C2H10OSi2.4CH4/c1-4-3-5-2;;;;/h4-5H2,1-2H3;4*1H4. The highest BCUT2D eigenvalue weighted by molar-refractivity contribution is 6.40. The average molecular weight is 170 g/mol. The van der Waals surface area contributed by atoms with Gasteiger partial charge >= 0.3 is 0 Å². The molecule has 64 valence electrons. The smallest absolute Gasteiger partial charge is 0.142 e. The molecule has 9 heavy (non-hydrogen) atoms. The van der Waals surface area contributed by atoms with Crippen LogP contribution in [0.4, 0.5) is 0 Å². The van der Waals surface area contributed by atoms with Crippen molar-refractivity contribution in [1.29, 1.82) is 0 Å². The summed E-state index contributed by atoms with van der Waals surface area (Å²) in [6.45, 7) is 4.33. The summed E-state index contributed by atoms with van der Waals surface area (Å²) in [5, 5.41) is 0. The van der Waals surface area contributed by atoms with E-state index in [1.54, 1.807) is 0 Å². The van der Waals surface area contributed by atoms with Gasteiger partial charge in [-0.3, -0.25) is 0 Å². The molecule has 0 aromatic heterocycles. The third-order valence-electron chi connectivity index (χ3n) is 0.408. The van der Waals surface area contributed by atoms with E-state index in [4.69, 9.17) is 4.12 Å². The maximum absolute atomic E-state index is 5.11. The normalized spacial score (nSPS) is 7.33. The Labute approximate surface area is 67.1 Å². The van der Waals surface area contributed by atoms with Crippen LogP contribution in [0.1, 0.15) is 29.7 Å². The van der Waals surface area contributed by atoms with Crippen LogP contribution >= 0.6 is 0 Å². The summed E-state index contributed by atoms with van der Waals surface area (Å²) in [6, 6.07) is 0. The summed E-state index contributed by atoms with van der Waals surface area (Å²) in [6.07, 6.45) is 0. The first kappa shape index (κ1) is 34.3. The lowest BCUT2D eigenvalue weighted by Gasteiger charge is -1.85. The van der Waals surface area contributed by atoms with Crippen LogP contribution in [-0.2, 0) is 4.12 Å². The van der Waals surface area contributed by atoms with E-state index in [9.17, 15) is 0 Å². The summed E-state index contributed by atoms with van der Waals surface area (Å²) in [5.74, 6) is 0. The minimum absolute atomic E-state index is 0. The highest BCUT2D eigenvalue weighted by Crippen LogP contribution is 1.58. The van der Waals surface area contributed by atoms with E-state index in [0.29, 0.717) is 0 Å². The molecule has 0 heterocycles. The van der Waals surface area contributed by atoms with Crippen molar-refractivity contribution in [2.45, 2.75) is 42.8 Å². The predicted octanol–water partition coefficient (Wildman–Crippen LogP) is 1.81. The Bertz CT molecular complexity index is 18.5. The lowest BCUT2D eigenvalue weighted by molar-refractivity contribution is 0.652. The quantitative estimate of drug-likeness (QED) is 0.575. The van der Waals surface area contributed by atoms with Gasteiger partial charge in [-0.05, 0) is 0 Å². The van der Waals surface area contributed by atoms with E-state index in [1.165, 1.54) is 0 Å². The predicted molar refractivity (Wildman–Crippen MR) is 56.8 cm³/mol. The van der Waals surface area contributed by atoms with E-state index in [-0.39, 0.29) is 49.2 Å². The molecule has 0 amide bonds. The summed E-state index contributed by atoms with van der Waals surface area (Å²) in [5.41, 5.74) is 0. The number of hydrogen-bond acceptors (Lipinski definition) is 1. The first-order chi connectivity index (χ1) is 2.41. The van der Waals surface area contributed by atoms with Crippen molar-refractivity contribution in [3.63, 3.8) is 0 Å². The lowest BCUT2D eigenvalue weighted by atomic mass is 11.9. The molecular weight excluding hydrogens is 144 g/mol. The summed E-state index contributed by atoms with van der Waals surface area (Å²) < 4.78 is 5.11. The molecule has 0 aliphatic rings. The lowest BCUT2D eigenvalue weighted by Crippen LogP contribution is -1.92. The van der Waals surface area contributed by atoms with Crippen molar-refractivity contribution < 1.29 is 4.12 Å². The second-order valence-corrected chi connectivity index (χ2v) is 3.57. The zero-order valence-corrected chi connectivity index (χ0v) is 6.65. The summed E-state index contributed by atoms with van der Waals surface area (Å²) in [7, 11) is -0.0486. The Morgan fingerprint density at radius 2 is 1.00 bits per heavy atom. The maximum atomic E-state index is 5.11. The van der Waals surface area contributed by atoms with E-state index in [1.807, 2.05) is 0 Å². The molecule has 0 aromatic carbocycles. The molecule has 0 fully saturated rings. The van der Waals surface area contributed by atoms with Crippen LogP contribution in [0.25, 0.3) is 0 Å². The molecule has 3 heteroatoms. The molecule has 0 aliphatic heterocycles. The monoisotopic (exact) mass is 170 g/mol. The van der Waals surface area contributed by atoms with Crippen LogP contribution in [0.3, 0.4) is 0 Å². The van der Waals surface area contributed by atoms with Gasteiger partial charge in [0.1, 0.15) is 19.5 Å². The Hall–Kier alpha value is 0.394. The van der Waals surface area contributed by atoms with Gasteiger partial charge in [-0.1, -0.05) is 42.8 Å². The topological polar surface area (TPSA) is 9.23 Å². The molecular formula is C6H26OSi2. The van der Waals surface area contributed by atoms with Crippen LogP contribution in [0.5, 0.6) is 0 Å². The molecule has 0 aromatic rings. The second-order valence-electron chi connectivity index (χ2n) is 0.781. The molecule has 0 bridgehead atoms. The summed E-state index contributed by atoms with van der Waals surface area (Å²) >= 11 is 0. The Balaban J connectivity index is -0.0000000133. The van der Waals surface area contributed by atoms with Crippen molar-refractivity contribution in [3.8, 4) is 0 Å². The maximum Gasteiger partial charge on any atom is 0.142 e. The molecule has 0 saturated carbocycles. The first-order valence-electron chi connectivity index (χ1n) is 1.99. The SMILES string of the molecule is C.C.C.C.C[SiH2]O[SiH2]C. The Kier molecular flexibility index (Phi) is 152. The first-order valence-corrected chi connectivity index (χ1v) is 5.97. The van der Waals surface area contributed by atoms with Crippen molar-refractivity contribution >= 4 is 19.5 Å². The van der Waals surface area contributed by atoms with E-state index in [0.717, 1.165) is 0 Å². The van der Waals surface area contributed by atoms with Crippen molar-refractivity contribution in [1.82, 2.24) is 0 Å². The van der Waals surface area contributed by atoms with Gasteiger partial charge in [-0.15, -0.1) is 0 Å². The van der Waals surface area contributed by atoms with Crippen LogP contribution in [-0.4, -0.2) is 19.5 Å². The third-order valence-corrected chi connectivity index (χ3v) is 3.67. The molecule has 0 N–H and O–H groups in total. The fourth-order valence-corrected chi connectivity index (χ4v) is 1.84. The Morgan fingerprint density at radius 3 is 1.00 bits per heavy atom. The largest absolute Gasteiger partial charge is 0.466 e. The zero-order chi connectivity index (χ0) is 4.12. The fraction of sp³-hybridized carbons (Fsp3) is 1.00. The molecule has 0 rings (SSSR count). The van der Waals surface area contributed by atoms with Gasteiger partial charge in [0.25, 0.3) is 0 Å². The van der Waals surface area contributed by atoms with Gasteiger partial charge in [0.2, 0.25) is 0 Å². The highest BCUT2D eigenvalue weighted by Gasteiger charge is 1.67. The van der Waals surface area contributed by atoms with E-state index in [2.05, 4.69) is 13.1 Å². The molecule has 1 nitrogen and oxygen atoms in total.